The van der Waals surface area contributed by atoms with Gasteiger partial charge in [0.05, 0.1) is 12.9 Å². The third kappa shape index (κ3) is 6.04. The summed E-state index contributed by atoms with van der Waals surface area (Å²) in [5.74, 6) is 0.830. The van der Waals surface area contributed by atoms with Crippen molar-refractivity contribution in [3.05, 3.63) is 40.6 Å². The van der Waals surface area contributed by atoms with Gasteiger partial charge < -0.3 is 15.2 Å². The molecule has 116 valence electrons. The van der Waals surface area contributed by atoms with Crippen molar-refractivity contribution in [3.63, 3.8) is 0 Å². The van der Waals surface area contributed by atoms with Gasteiger partial charge in [0.15, 0.2) is 5.96 Å². The number of rotatable bonds is 6. The maximum Gasteiger partial charge on any atom is 0.191 e. The van der Waals surface area contributed by atoms with Gasteiger partial charge in [0.1, 0.15) is 0 Å². The number of aryl methyl sites for hydroxylation is 1. The van der Waals surface area contributed by atoms with E-state index in [2.05, 4.69) is 39.7 Å². The Balaban J connectivity index is 0.00000220. The van der Waals surface area contributed by atoms with E-state index >= 15 is 0 Å². The first-order valence-electron chi connectivity index (χ1n) is 6.79. The number of aromatic nitrogens is 2. The Bertz CT molecular complexity index is 535. The quantitative estimate of drug-likeness (QED) is 0.430. The van der Waals surface area contributed by atoms with Gasteiger partial charge >= 0.3 is 0 Å². The third-order valence-electron chi connectivity index (χ3n) is 2.94. The summed E-state index contributed by atoms with van der Waals surface area (Å²) in [6.07, 6.45) is 6.66. The number of hydrogen-bond acceptors (Lipinski definition) is 3. The maximum atomic E-state index is 4.22. The highest BCUT2D eigenvalue weighted by Crippen LogP contribution is 2.16. The molecule has 2 aromatic heterocycles. The molecule has 0 bridgehead atoms. The number of hydrogen-bond donors (Lipinski definition) is 2. The Morgan fingerprint density at radius 3 is 2.76 bits per heavy atom. The topological polar surface area (TPSA) is 54.2 Å². The van der Waals surface area contributed by atoms with Crippen LogP contribution in [-0.2, 0) is 19.5 Å². The molecule has 2 heterocycles. The average molecular weight is 419 g/mol. The Kier molecular flexibility index (Phi) is 8.36. The van der Waals surface area contributed by atoms with Crippen molar-refractivity contribution in [1.29, 1.82) is 0 Å². The van der Waals surface area contributed by atoms with Gasteiger partial charge in [-0.2, -0.15) is 0 Å². The van der Waals surface area contributed by atoms with Gasteiger partial charge in [0.25, 0.3) is 0 Å². The molecule has 0 aliphatic rings. The SMILES string of the molecule is CCc1ccc(CNC(=NC)NCCn2ccnc2)s1.I. The van der Waals surface area contributed by atoms with Crippen LogP contribution in [0.25, 0.3) is 0 Å². The highest BCUT2D eigenvalue weighted by molar-refractivity contribution is 14.0. The van der Waals surface area contributed by atoms with Gasteiger partial charge in [0.2, 0.25) is 0 Å². The van der Waals surface area contributed by atoms with Crippen LogP contribution in [0.15, 0.2) is 35.8 Å². The number of nitrogens with one attached hydrogen (secondary N) is 2. The number of guanidine groups is 1. The van der Waals surface area contributed by atoms with Crippen LogP contribution in [0, 0.1) is 0 Å². The molecule has 7 heteroatoms. The van der Waals surface area contributed by atoms with E-state index in [0.29, 0.717) is 0 Å². The molecule has 0 aliphatic heterocycles. The number of thiophene rings is 1. The molecular formula is C14H22IN5S. The summed E-state index contributed by atoms with van der Waals surface area (Å²) >= 11 is 1.85. The standard InChI is InChI=1S/C14H21N5S.HI/c1-3-12-4-5-13(20-12)10-18-14(15-2)17-7-9-19-8-6-16-11-19;/h4-6,8,11H,3,7,9-10H2,1-2H3,(H2,15,17,18);1H. The Morgan fingerprint density at radius 2 is 2.14 bits per heavy atom. The lowest BCUT2D eigenvalue weighted by molar-refractivity contribution is 0.662. The molecule has 2 rings (SSSR count). The zero-order valence-corrected chi connectivity index (χ0v) is 15.5. The monoisotopic (exact) mass is 419 g/mol. The van der Waals surface area contributed by atoms with Crippen molar-refractivity contribution in [3.8, 4) is 0 Å². The van der Waals surface area contributed by atoms with Crippen LogP contribution < -0.4 is 10.6 Å². The van der Waals surface area contributed by atoms with E-state index < -0.39 is 0 Å². The smallest absolute Gasteiger partial charge is 0.191 e. The van der Waals surface area contributed by atoms with Crippen molar-refractivity contribution < 1.29 is 0 Å². The van der Waals surface area contributed by atoms with E-state index in [9.17, 15) is 0 Å². The molecular weight excluding hydrogens is 397 g/mol. The van der Waals surface area contributed by atoms with Crippen molar-refractivity contribution in [1.82, 2.24) is 20.2 Å². The molecule has 2 N–H and O–H groups in total. The fourth-order valence-corrected chi connectivity index (χ4v) is 2.72. The van der Waals surface area contributed by atoms with Gasteiger partial charge in [-0.05, 0) is 18.6 Å². The summed E-state index contributed by atoms with van der Waals surface area (Å²) in [5, 5.41) is 6.62. The molecule has 0 fully saturated rings. The molecule has 0 unspecified atom stereocenters. The van der Waals surface area contributed by atoms with Gasteiger partial charge in [-0.15, -0.1) is 35.3 Å². The second kappa shape index (κ2) is 9.78. The van der Waals surface area contributed by atoms with Crippen molar-refractivity contribution >= 4 is 41.3 Å². The minimum absolute atomic E-state index is 0. The van der Waals surface area contributed by atoms with Crippen LogP contribution in [0.4, 0.5) is 0 Å². The number of halogens is 1. The van der Waals surface area contributed by atoms with Crippen molar-refractivity contribution in [2.24, 2.45) is 4.99 Å². The predicted molar refractivity (Wildman–Crippen MR) is 99.5 cm³/mol. The molecule has 0 amide bonds. The Labute approximate surface area is 146 Å². The second-order valence-corrected chi connectivity index (χ2v) is 5.63. The van der Waals surface area contributed by atoms with Crippen LogP contribution in [0.1, 0.15) is 16.7 Å². The first-order valence-corrected chi connectivity index (χ1v) is 7.61. The Morgan fingerprint density at radius 1 is 1.33 bits per heavy atom. The molecule has 0 aliphatic carbocycles. The fourth-order valence-electron chi connectivity index (χ4n) is 1.82. The summed E-state index contributed by atoms with van der Waals surface area (Å²) in [7, 11) is 1.79. The number of aliphatic imine (C=N–C) groups is 1. The predicted octanol–water partition coefficient (Wildman–Crippen LogP) is 2.49. The fraction of sp³-hybridized carbons (Fsp3) is 0.429. The van der Waals surface area contributed by atoms with E-state index in [-0.39, 0.29) is 24.0 Å². The van der Waals surface area contributed by atoms with Gasteiger partial charge in [-0.3, -0.25) is 4.99 Å². The van der Waals surface area contributed by atoms with Crippen LogP contribution in [0.5, 0.6) is 0 Å². The summed E-state index contributed by atoms with van der Waals surface area (Å²) in [6.45, 7) is 4.69. The maximum absolute atomic E-state index is 4.22. The zero-order chi connectivity index (χ0) is 14.2. The normalized spacial score (nSPS) is 11.0. The molecule has 0 aromatic carbocycles. The molecule has 21 heavy (non-hydrogen) atoms. The van der Waals surface area contributed by atoms with Gasteiger partial charge in [0, 0.05) is 42.3 Å². The van der Waals surface area contributed by atoms with E-state index in [4.69, 9.17) is 0 Å². The first kappa shape index (κ1) is 18.0. The van der Waals surface area contributed by atoms with Gasteiger partial charge in [-0.25, -0.2) is 4.98 Å². The minimum atomic E-state index is 0. The molecule has 0 atom stereocenters. The molecule has 2 aromatic rings. The lowest BCUT2D eigenvalue weighted by Gasteiger charge is -2.11. The summed E-state index contributed by atoms with van der Waals surface area (Å²) in [4.78, 5) is 11.0. The molecule has 0 spiro atoms. The zero-order valence-electron chi connectivity index (χ0n) is 12.4. The summed E-state index contributed by atoms with van der Waals surface area (Å²) in [5.41, 5.74) is 0. The first-order chi connectivity index (χ1) is 9.81. The second-order valence-electron chi connectivity index (χ2n) is 4.37. The van der Waals surface area contributed by atoms with E-state index in [1.54, 1.807) is 13.2 Å². The van der Waals surface area contributed by atoms with Crippen LogP contribution in [-0.4, -0.2) is 29.1 Å². The Hall–Kier alpha value is -1.09. The van der Waals surface area contributed by atoms with Crippen LogP contribution >= 0.6 is 35.3 Å². The minimum Gasteiger partial charge on any atom is -0.355 e. The van der Waals surface area contributed by atoms with E-state index in [0.717, 1.165) is 32.0 Å². The van der Waals surface area contributed by atoms with Crippen LogP contribution in [0.3, 0.4) is 0 Å². The van der Waals surface area contributed by atoms with Crippen LogP contribution in [0.2, 0.25) is 0 Å². The lowest BCUT2D eigenvalue weighted by atomic mass is 10.4. The lowest BCUT2D eigenvalue weighted by Crippen LogP contribution is -2.38. The average Bonchev–Trinajstić information content (AvgIpc) is 3.13. The highest BCUT2D eigenvalue weighted by Gasteiger charge is 2.01. The molecule has 5 nitrogen and oxygen atoms in total. The molecule has 0 saturated carbocycles. The number of imidazole rings is 1. The van der Waals surface area contributed by atoms with Crippen molar-refractivity contribution in [2.75, 3.05) is 13.6 Å². The largest absolute Gasteiger partial charge is 0.355 e. The van der Waals surface area contributed by atoms with E-state index in [1.807, 2.05) is 28.4 Å². The third-order valence-corrected chi connectivity index (χ3v) is 4.17. The summed E-state index contributed by atoms with van der Waals surface area (Å²) in [6, 6.07) is 4.37. The van der Waals surface area contributed by atoms with Gasteiger partial charge in [-0.1, -0.05) is 6.92 Å². The molecule has 0 radical (unpaired) electrons. The summed E-state index contributed by atoms with van der Waals surface area (Å²) < 4.78 is 2.03. The highest BCUT2D eigenvalue weighted by atomic mass is 127. The van der Waals surface area contributed by atoms with Crippen molar-refractivity contribution in [2.45, 2.75) is 26.4 Å². The number of nitrogens with zero attached hydrogens (tertiary/aromatic N) is 3. The molecule has 0 saturated heterocycles. The van der Waals surface area contributed by atoms with E-state index in [1.165, 1.54) is 9.75 Å².